The van der Waals surface area contributed by atoms with Crippen LogP contribution in [0.15, 0.2) is 30.3 Å². The average Bonchev–Trinajstić information content (AvgIpc) is 2.59. The summed E-state index contributed by atoms with van der Waals surface area (Å²) in [5.41, 5.74) is 1.42. The van der Waals surface area contributed by atoms with Crippen molar-refractivity contribution in [1.82, 2.24) is 10.2 Å². The number of nitrogens with zero attached hydrogens (tertiary/aromatic N) is 1. The Hall–Kier alpha value is -0.900. The quantitative estimate of drug-likeness (QED) is 0.668. The summed E-state index contributed by atoms with van der Waals surface area (Å²) >= 11 is 0. The minimum Gasteiger partial charge on any atom is -0.379 e. The molecule has 1 aliphatic rings. The molecule has 1 aliphatic heterocycles. The molecule has 0 saturated carbocycles. The molecule has 124 valence electrons. The number of benzene rings is 1. The second kappa shape index (κ2) is 10.8. The van der Waals surface area contributed by atoms with Crippen LogP contribution >= 0.6 is 0 Å². The Morgan fingerprint density at radius 1 is 1.05 bits per heavy atom. The molecule has 22 heavy (non-hydrogen) atoms. The van der Waals surface area contributed by atoms with E-state index in [2.05, 4.69) is 47.5 Å². The minimum absolute atomic E-state index is 0.473. The number of rotatable bonds is 10. The second-order valence-electron chi connectivity index (χ2n) is 6.19. The Kier molecular flexibility index (Phi) is 8.54. The maximum atomic E-state index is 5.50. The first kappa shape index (κ1) is 17.5. The molecule has 1 fully saturated rings. The van der Waals surface area contributed by atoms with Crippen LogP contribution in [-0.4, -0.2) is 44.3 Å². The summed E-state index contributed by atoms with van der Waals surface area (Å²) in [6.07, 6.45) is 6.73. The van der Waals surface area contributed by atoms with Crippen molar-refractivity contribution in [3.05, 3.63) is 35.9 Å². The highest BCUT2D eigenvalue weighted by Crippen LogP contribution is 2.21. The van der Waals surface area contributed by atoms with E-state index in [0.29, 0.717) is 6.04 Å². The van der Waals surface area contributed by atoms with Gasteiger partial charge in [0.05, 0.1) is 13.2 Å². The van der Waals surface area contributed by atoms with Crippen LogP contribution in [0.4, 0.5) is 0 Å². The maximum absolute atomic E-state index is 5.50. The lowest BCUT2D eigenvalue weighted by molar-refractivity contribution is 0.0162. The molecule has 3 nitrogen and oxygen atoms in total. The van der Waals surface area contributed by atoms with Crippen LogP contribution in [0, 0.1) is 0 Å². The Morgan fingerprint density at radius 2 is 1.77 bits per heavy atom. The Morgan fingerprint density at radius 3 is 2.50 bits per heavy atom. The van der Waals surface area contributed by atoms with Gasteiger partial charge in [0.2, 0.25) is 0 Å². The van der Waals surface area contributed by atoms with Gasteiger partial charge >= 0.3 is 0 Å². The highest BCUT2D eigenvalue weighted by molar-refractivity contribution is 5.19. The third-order valence-corrected chi connectivity index (χ3v) is 4.47. The molecule has 1 unspecified atom stereocenters. The summed E-state index contributed by atoms with van der Waals surface area (Å²) in [7, 11) is 0. The second-order valence-corrected chi connectivity index (χ2v) is 6.19. The first-order valence-electron chi connectivity index (χ1n) is 8.99. The topological polar surface area (TPSA) is 24.5 Å². The van der Waals surface area contributed by atoms with Crippen LogP contribution in [0.25, 0.3) is 0 Å². The smallest absolute Gasteiger partial charge is 0.0594 e. The molecule has 1 atom stereocenters. The van der Waals surface area contributed by atoms with Gasteiger partial charge < -0.3 is 10.1 Å². The van der Waals surface area contributed by atoms with E-state index in [-0.39, 0.29) is 0 Å². The van der Waals surface area contributed by atoms with Crippen molar-refractivity contribution in [2.45, 2.75) is 45.1 Å². The minimum atomic E-state index is 0.473. The van der Waals surface area contributed by atoms with Crippen LogP contribution in [-0.2, 0) is 4.74 Å². The van der Waals surface area contributed by atoms with E-state index in [0.717, 1.165) is 39.4 Å². The predicted octanol–water partition coefficient (Wildman–Crippen LogP) is 3.62. The van der Waals surface area contributed by atoms with Gasteiger partial charge in [0.25, 0.3) is 0 Å². The van der Waals surface area contributed by atoms with Gasteiger partial charge in [0.1, 0.15) is 0 Å². The molecule has 0 aliphatic carbocycles. The zero-order chi connectivity index (χ0) is 15.5. The molecule has 1 aromatic carbocycles. The van der Waals surface area contributed by atoms with Crippen LogP contribution in [0.3, 0.4) is 0 Å². The van der Waals surface area contributed by atoms with Crippen LogP contribution in [0.5, 0.6) is 0 Å². The number of ether oxygens (including phenoxy) is 1. The van der Waals surface area contributed by atoms with Gasteiger partial charge in [-0.25, -0.2) is 0 Å². The number of hydrogen-bond donors (Lipinski definition) is 1. The van der Waals surface area contributed by atoms with Crippen molar-refractivity contribution in [2.75, 3.05) is 39.4 Å². The van der Waals surface area contributed by atoms with E-state index in [4.69, 9.17) is 4.74 Å². The van der Waals surface area contributed by atoms with Gasteiger partial charge in [0.15, 0.2) is 0 Å². The van der Waals surface area contributed by atoms with Gasteiger partial charge in [-0.2, -0.15) is 0 Å². The van der Waals surface area contributed by atoms with E-state index in [9.17, 15) is 0 Å². The molecule has 1 aromatic rings. The molecular formula is C19H32N2O. The average molecular weight is 304 g/mol. The Labute approximate surface area is 136 Å². The number of morpholine rings is 1. The highest BCUT2D eigenvalue weighted by Gasteiger charge is 2.21. The molecule has 0 spiro atoms. The summed E-state index contributed by atoms with van der Waals surface area (Å²) in [4.78, 5) is 2.56. The van der Waals surface area contributed by atoms with Gasteiger partial charge in [-0.3, -0.25) is 4.90 Å². The van der Waals surface area contributed by atoms with E-state index in [1.165, 1.54) is 37.7 Å². The van der Waals surface area contributed by atoms with Gasteiger partial charge in [-0.15, -0.1) is 0 Å². The van der Waals surface area contributed by atoms with E-state index in [1.54, 1.807) is 0 Å². The van der Waals surface area contributed by atoms with E-state index < -0.39 is 0 Å². The molecule has 1 N–H and O–H groups in total. The fourth-order valence-electron chi connectivity index (χ4n) is 3.11. The Bertz CT molecular complexity index is 376. The fraction of sp³-hybridized carbons (Fsp3) is 0.684. The lowest BCUT2D eigenvalue weighted by Crippen LogP contribution is -2.43. The highest BCUT2D eigenvalue weighted by atomic mass is 16.5. The van der Waals surface area contributed by atoms with Crippen molar-refractivity contribution < 1.29 is 4.74 Å². The number of unbranched alkanes of at least 4 members (excludes halogenated alkanes) is 4. The van der Waals surface area contributed by atoms with Crippen molar-refractivity contribution in [1.29, 1.82) is 0 Å². The standard InChI is InChI=1S/C19H32N2O/c1-2-3-4-5-9-12-20-17-19(18-10-7-6-8-11-18)21-13-15-22-16-14-21/h6-8,10-11,19-20H,2-5,9,12-17H2,1H3. The number of hydrogen-bond acceptors (Lipinski definition) is 3. The predicted molar refractivity (Wildman–Crippen MR) is 93.2 cm³/mol. The summed E-state index contributed by atoms with van der Waals surface area (Å²) in [5, 5.41) is 3.68. The van der Waals surface area contributed by atoms with E-state index >= 15 is 0 Å². The number of nitrogens with one attached hydrogen (secondary N) is 1. The van der Waals surface area contributed by atoms with Crippen molar-refractivity contribution in [3.63, 3.8) is 0 Å². The Balaban J connectivity index is 1.78. The van der Waals surface area contributed by atoms with Crippen molar-refractivity contribution in [3.8, 4) is 0 Å². The summed E-state index contributed by atoms with van der Waals surface area (Å²) in [5.74, 6) is 0. The van der Waals surface area contributed by atoms with Crippen LogP contribution in [0.1, 0.15) is 50.6 Å². The maximum Gasteiger partial charge on any atom is 0.0594 e. The molecule has 1 saturated heterocycles. The molecule has 2 rings (SSSR count). The largest absolute Gasteiger partial charge is 0.379 e. The summed E-state index contributed by atoms with van der Waals surface area (Å²) in [6.45, 7) is 8.25. The summed E-state index contributed by atoms with van der Waals surface area (Å²) in [6, 6.07) is 11.4. The third-order valence-electron chi connectivity index (χ3n) is 4.47. The first-order chi connectivity index (χ1) is 10.9. The zero-order valence-electron chi connectivity index (χ0n) is 14.1. The molecule has 0 radical (unpaired) electrons. The molecule has 0 aromatic heterocycles. The van der Waals surface area contributed by atoms with Crippen LogP contribution in [0.2, 0.25) is 0 Å². The van der Waals surface area contributed by atoms with Crippen molar-refractivity contribution in [2.24, 2.45) is 0 Å². The summed E-state index contributed by atoms with van der Waals surface area (Å²) < 4.78 is 5.50. The monoisotopic (exact) mass is 304 g/mol. The first-order valence-corrected chi connectivity index (χ1v) is 8.99. The zero-order valence-corrected chi connectivity index (χ0v) is 14.1. The van der Waals surface area contributed by atoms with Gasteiger partial charge in [-0.05, 0) is 18.5 Å². The van der Waals surface area contributed by atoms with E-state index in [1.807, 2.05) is 0 Å². The molecule has 1 heterocycles. The normalized spacial score (nSPS) is 17.5. The molecule has 3 heteroatoms. The van der Waals surface area contributed by atoms with Gasteiger partial charge in [0, 0.05) is 25.7 Å². The lowest BCUT2D eigenvalue weighted by Gasteiger charge is -2.35. The lowest BCUT2D eigenvalue weighted by atomic mass is 10.0. The SMILES string of the molecule is CCCCCCCNCC(c1ccccc1)N1CCOCC1. The van der Waals surface area contributed by atoms with Crippen molar-refractivity contribution >= 4 is 0 Å². The molecule has 0 amide bonds. The van der Waals surface area contributed by atoms with Crippen LogP contribution < -0.4 is 5.32 Å². The fourth-order valence-corrected chi connectivity index (χ4v) is 3.11. The van der Waals surface area contributed by atoms with Gasteiger partial charge in [-0.1, -0.05) is 62.9 Å². The molecule has 0 bridgehead atoms. The third kappa shape index (κ3) is 6.07. The molecular weight excluding hydrogens is 272 g/mol.